The maximum atomic E-state index is 12.2. The summed E-state index contributed by atoms with van der Waals surface area (Å²) in [4.78, 5) is 24.1. The lowest BCUT2D eigenvalue weighted by Gasteiger charge is -2.24. The lowest BCUT2D eigenvalue weighted by atomic mass is 9.94. The van der Waals surface area contributed by atoms with Crippen LogP contribution in [-0.4, -0.2) is 38.2 Å². The van der Waals surface area contributed by atoms with Gasteiger partial charge in [-0.25, -0.2) is 4.79 Å². The summed E-state index contributed by atoms with van der Waals surface area (Å²) >= 11 is 0. The standard InChI is InChI=1S/C20H31NO5/c1-5-15(6-2)19(20(23)24-4)21-18(22)13-10-14-26-17-12-9-8-11-16(17)25-7-3/h8-9,11-12,15,19H,5-7,10,13-14H2,1-4H3,(H,21,22)/t19-/m1/s1. The van der Waals surface area contributed by atoms with E-state index in [1.54, 1.807) is 0 Å². The SMILES string of the molecule is CCOc1ccccc1OCCCC(=O)N[C@@H](C(=O)OC)C(CC)CC. The molecule has 0 unspecified atom stereocenters. The van der Waals surface area contributed by atoms with E-state index in [4.69, 9.17) is 14.2 Å². The fourth-order valence-corrected chi connectivity index (χ4v) is 2.76. The predicted octanol–water partition coefficient (Wildman–Crippen LogP) is 3.34. The van der Waals surface area contributed by atoms with Crippen molar-refractivity contribution in [1.82, 2.24) is 5.32 Å². The molecule has 0 spiro atoms. The van der Waals surface area contributed by atoms with Crippen molar-refractivity contribution in [3.05, 3.63) is 24.3 Å². The summed E-state index contributed by atoms with van der Waals surface area (Å²) in [6, 6.07) is 6.85. The van der Waals surface area contributed by atoms with Gasteiger partial charge in [-0.1, -0.05) is 38.8 Å². The number of para-hydroxylation sites is 2. The summed E-state index contributed by atoms with van der Waals surface area (Å²) in [5.74, 6) is 0.863. The highest BCUT2D eigenvalue weighted by atomic mass is 16.5. The van der Waals surface area contributed by atoms with Crippen LogP contribution in [0, 0.1) is 5.92 Å². The summed E-state index contributed by atoms with van der Waals surface area (Å²) in [5, 5.41) is 2.81. The van der Waals surface area contributed by atoms with Crippen LogP contribution in [0.25, 0.3) is 0 Å². The second-order valence-corrected chi connectivity index (χ2v) is 5.98. The van der Waals surface area contributed by atoms with Crippen LogP contribution >= 0.6 is 0 Å². The first-order valence-corrected chi connectivity index (χ1v) is 9.29. The van der Waals surface area contributed by atoms with E-state index in [1.165, 1.54) is 7.11 Å². The molecule has 0 fully saturated rings. The van der Waals surface area contributed by atoms with Crippen molar-refractivity contribution in [2.75, 3.05) is 20.3 Å². The van der Waals surface area contributed by atoms with Crippen molar-refractivity contribution in [2.24, 2.45) is 5.92 Å². The number of carbonyl (C=O) groups is 2. The van der Waals surface area contributed by atoms with Gasteiger partial charge in [0, 0.05) is 6.42 Å². The molecule has 0 radical (unpaired) electrons. The fraction of sp³-hybridized carbons (Fsp3) is 0.600. The molecular weight excluding hydrogens is 334 g/mol. The number of ether oxygens (including phenoxy) is 3. The van der Waals surface area contributed by atoms with E-state index in [2.05, 4.69) is 5.32 Å². The van der Waals surface area contributed by atoms with Gasteiger partial charge in [0.1, 0.15) is 6.04 Å². The first-order chi connectivity index (χ1) is 12.6. The van der Waals surface area contributed by atoms with Gasteiger partial charge >= 0.3 is 5.97 Å². The van der Waals surface area contributed by atoms with Crippen LogP contribution in [0.1, 0.15) is 46.5 Å². The zero-order chi connectivity index (χ0) is 19.4. The molecule has 0 aromatic heterocycles. The third kappa shape index (κ3) is 6.94. The number of rotatable bonds is 12. The van der Waals surface area contributed by atoms with E-state index in [0.29, 0.717) is 31.1 Å². The van der Waals surface area contributed by atoms with Crippen LogP contribution in [0.3, 0.4) is 0 Å². The van der Waals surface area contributed by atoms with Crippen LogP contribution in [0.15, 0.2) is 24.3 Å². The zero-order valence-corrected chi connectivity index (χ0v) is 16.2. The summed E-state index contributed by atoms with van der Waals surface area (Å²) in [7, 11) is 1.34. The number of carbonyl (C=O) groups excluding carboxylic acids is 2. The summed E-state index contributed by atoms with van der Waals surface area (Å²) < 4.78 is 16.0. The molecule has 1 aromatic rings. The molecule has 146 valence electrons. The minimum atomic E-state index is -0.595. The third-order valence-corrected chi connectivity index (χ3v) is 4.25. The third-order valence-electron chi connectivity index (χ3n) is 4.25. The monoisotopic (exact) mass is 365 g/mol. The van der Waals surface area contributed by atoms with Crippen LogP contribution in [0.5, 0.6) is 11.5 Å². The highest BCUT2D eigenvalue weighted by Gasteiger charge is 2.28. The van der Waals surface area contributed by atoms with E-state index in [-0.39, 0.29) is 18.2 Å². The smallest absolute Gasteiger partial charge is 0.328 e. The van der Waals surface area contributed by atoms with Crippen LogP contribution < -0.4 is 14.8 Å². The molecule has 1 rings (SSSR count). The molecule has 0 saturated carbocycles. The molecular formula is C20H31NO5. The Hall–Kier alpha value is -2.24. The molecule has 0 bridgehead atoms. The normalized spacial score (nSPS) is 11.7. The van der Waals surface area contributed by atoms with E-state index in [9.17, 15) is 9.59 Å². The predicted molar refractivity (Wildman–Crippen MR) is 100 cm³/mol. The molecule has 0 aliphatic rings. The molecule has 1 amide bonds. The number of hydrogen-bond donors (Lipinski definition) is 1. The van der Waals surface area contributed by atoms with Gasteiger partial charge in [-0.05, 0) is 31.4 Å². The Balaban J connectivity index is 2.47. The maximum Gasteiger partial charge on any atom is 0.328 e. The second-order valence-electron chi connectivity index (χ2n) is 5.98. The maximum absolute atomic E-state index is 12.2. The minimum Gasteiger partial charge on any atom is -0.490 e. The number of methoxy groups -OCH3 is 1. The Morgan fingerprint density at radius 2 is 1.65 bits per heavy atom. The molecule has 0 aliphatic heterocycles. The van der Waals surface area contributed by atoms with Gasteiger partial charge in [-0.15, -0.1) is 0 Å². The summed E-state index contributed by atoms with van der Waals surface area (Å²) in [6.07, 6.45) is 2.43. The lowest BCUT2D eigenvalue weighted by Crippen LogP contribution is -2.46. The molecule has 6 nitrogen and oxygen atoms in total. The Morgan fingerprint density at radius 1 is 1.04 bits per heavy atom. The number of esters is 1. The average Bonchev–Trinajstić information content (AvgIpc) is 2.66. The van der Waals surface area contributed by atoms with Crippen molar-refractivity contribution < 1.29 is 23.8 Å². The van der Waals surface area contributed by atoms with Gasteiger partial charge in [-0.3, -0.25) is 4.79 Å². The topological polar surface area (TPSA) is 73.9 Å². The summed E-state index contributed by atoms with van der Waals surface area (Å²) in [6.45, 7) is 6.87. The van der Waals surface area contributed by atoms with Crippen LogP contribution in [0.4, 0.5) is 0 Å². The molecule has 26 heavy (non-hydrogen) atoms. The van der Waals surface area contributed by atoms with Gasteiger partial charge in [-0.2, -0.15) is 0 Å². The number of nitrogens with one attached hydrogen (secondary N) is 1. The Kier molecular flexibility index (Phi) is 10.2. The number of hydrogen-bond acceptors (Lipinski definition) is 5. The molecule has 0 heterocycles. The number of benzene rings is 1. The van der Waals surface area contributed by atoms with E-state index in [1.807, 2.05) is 45.0 Å². The molecule has 0 saturated heterocycles. The average molecular weight is 365 g/mol. The Morgan fingerprint density at radius 3 is 2.19 bits per heavy atom. The molecule has 1 N–H and O–H groups in total. The van der Waals surface area contributed by atoms with Gasteiger partial charge in [0.25, 0.3) is 0 Å². The van der Waals surface area contributed by atoms with Gasteiger partial charge < -0.3 is 19.5 Å². The van der Waals surface area contributed by atoms with Crippen molar-refractivity contribution >= 4 is 11.9 Å². The lowest BCUT2D eigenvalue weighted by molar-refractivity contribution is -0.146. The zero-order valence-electron chi connectivity index (χ0n) is 16.2. The van der Waals surface area contributed by atoms with Gasteiger partial charge in [0.05, 0.1) is 20.3 Å². The molecule has 0 aliphatic carbocycles. The summed E-state index contributed by atoms with van der Waals surface area (Å²) in [5.41, 5.74) is 0. The highest BCUT2D eigenvalue weighted by molar-refractivity contribution is 5.84. The van der Waals surface area contributed by atoms with Gasteiger partial charge in [0.2, 0.25) is 5.91 Å². The fourth-order valence-electron chi connectivity index (χ4n) is 2.76. The van der Waals surface area contributed by atoms with E-state index < -0.39 is 12.0 Å². The molecule has 6 heteroatoms. The van der Waals surface area contributed by atoms with Crippen molar-refractivity contribution in [2.45, 2.75) is 52.5 Å². The van der Waals surface area contributed by atoms with Crippen molar-refractivity contribution in [3.8, 4) is 11.5 Å². The highest BCUT2D eigenvalue weighted by Crippen LogP contribution is 2.26. The largest absolute Gasteiger partial charge is 0.490 e. The Bertz CT molecular complexity index is 557. The van der Waals surface area contributed by atoms with Gasteiger partial charge in [0.15, 0.2) is 11.5 Å². The van der Waals surface area contributed by atoms with E-state index in [0.717, 1.165) is 12.8 Å². The molecule has 1 atom stereocenters. The molecule has 1 aromatic carbocycles. The minimum absolute atomic E-state index is 0.0701. The quantitative estimate of drug-likeness (QED) is 0.454. The second kappa shape index (κ2) is 12.2. The van der Waals surface area contributed by atoms with Crippen LogP contribution in [-0.2, 0) is 14.3 Å². The van der Waals surface area contributed by atoms with Crippen molar-refractivity contribution in [3.63, 3.8) is 0 Å². The van der Waals surface area contributed by atoms with Crippen LogP contribution in [0.2, 0.25) is 0 Å². The van der Waals surface area contributed by atoms with E-state index >= 15 is 0 Å². The Labute approximate surface area is 156 Å². The van der Waals surface area contributed by atoms with Crippen molar-refractivity contribution in [1.29, 1.82) is 0 Å². The number of amides is 1. The first kappa shape index (κ1) is 21.8. The first-order valence-electron chi connectivity index (χ1n) is 9.29.